The number of hydrogen-bond donors (Lipinski definition) is 3. The number of anilines is 1. The second kappa shape index (κ2) is 9.32. The van der Waals surface area contributed by atoms with E-state index >= 15 is 0 Å². The lowest BCUT2D eigenvalue weighted by Gasteiger charge is -2.16. The Hall–Kier alpha value is -2.94. The Balaban J connectivity index is 2.09. The minimum Gasteiger partial charge on any atom is -0.369 e. The van der Waals surface area contributed by atoms with Gasteiger partial charge in [0, 0.05) is 6.54 Å². The number of hydrogen-bond acceptors (Lipinski definition) is 4. The topological polar surface area (TPSA) is 118 Å². The van der Waals surface area contributed by atoms with Crippen molar-refractivity contribution in [3.63, 3.8) is 0 Å². The number of para-hydroxylation sites is 1. The molecule has 28 heavy (non-hydrogen) atoms. The summed E-state index contributed by atoms with van der Waals surface area (Å²) in [5.41, 5.74) is 6.40. The molecule has 1 atom stereocenters. The average Bonchev–Trinajstić information content (AvgIpc) is 2.66. The van der Waals surface area contributed by atoms with Crippen LogP contribution in [0.25, 0.3) is 0 Å². The molecule has 0 aromatic heterocycles. The lowest BCUT2D eigenvalue weighted by Crippen LogP contribution is -2.37. The van der Waals surface area contributed by atoms with Crippen molar-refractivity contribution >= 4 is 27.5 Å². The lowest BCUT2D eigenvalue weighted by atomic mass is 9.98. The third-order valence-electron chi connectivity index (χ3n) is 4.12. The second-order valence-corrected chi connectivity index (χ2v) is 8.20. The first-order valence-electron chi connectivity index (χ1n) is 8.63. The highest BCUT2D eigenvalue weighted by atomic mass is 32.2. The highest BCUT2D eigenvalue weighted by Gasteiger charge is 2.20. The van der Waals surface area contributed by atoms with Crippen molar-refractivity contribution in [2.24, 2.45) is 11.7 Å². The molecule has 0 spiro atoms. The van der Waals surface area contributed by atoms with E-state index in [1.165, 1.54) is 31.2 Å². The van der Waals surface area contributed by atoms with Gasteiger partial charge in [-0.15, -0.1) is 0 Å². The van der Waals surface area contributed by atoms with E-state index in [2.05, 4.69) is 10.0 Å². The first-order valence-corrected chi connectivity index (χ1v) is 10.3. The Morgan fingerprint density at radius 1 is 1.11 bits per heavy atom. The van der Waals surface area contributed by atoms with Crippen LogP contribution in [0.15, 0.2) is 48.5 Å². The predicted octanol–water partition coefficient (Wildman–Crippen LogP) is 1.66. The zero-order chi connectivity index (χ0) is 20.7. The van der Waals surface area contributed by atoms with Crippen molar-refractivity contribution in [3.05, 3.63) is 65.5 Å². The third kappa shape index (κ3) is 6.05. The van der Waals surface area contributed by atoms with Gasteiger partial charge in [-0.1, -0.05) is 24.3 Å². The molecule has 2 aromatic carbocycles. The highest BCUT2D eigenvalue weighted by molar-refractivity contribution is 7.92. The van der Waals surface area contributed by atoms with Crippen LogP contribution in [-0.4, -0.2) is 32.5 Å². The van der Waals surface area contributed by atoms with E-state index < -0.39 is 27.8 Å². The number of rotatable bonds is 9. The van der Waals surface area contributed by atoms with Crippen LogP contribution in [0, 0.1) is 11.7 Å². The molecule has 2 amide bonds. The summed E-state index contributed by atoms with van der Waals surface area (Å²) in [4.78, 5) is 24.2. The number of carbonyl (C=O) groups excluding carboxylic acids is 2. The minimum atomic E-state index is -3.55. The number of nitrogens with one attached hydrogen (secondary N) is 2. The molecular weight excluding hydrogens is 385 g/mol. The fourth-order valence-corrected chi connectivity index (χ4v) is 3.16. The molecule has 0 saturated heterocycles. The quantitative estimate of drug-likeness (QED) is 0.586. The van der Waals surface area contributed by atoms with E-state index in [0.29, 0.717) is 5.56 Å². The summed E-state index contributed by atoms with van der Waals surface area (Å²) >= 11 is 0. The van der Waals surface area contributed by atoms with Gasteiger partial charge in [0.2, 0.25) is 15.9 Å². The average molecular weight is 407 g/mol. The molecule has 2 rings (SSSR count). The number of halogens is 1. The first kappa shape index (κ1) is 21.4. The molecular formula is C19H22FN3O4S. The van der Waals surface area contributed by atoms with Crippen molar-refractivity contribution in [2.75, 3.05) is 17.0 Å². The standard InChI is InChI=1S/C19H22FN3O4S/c1-2-28(26,27)23-17-6-4-3-5-16(17)19(25)22-12-14(18(21)24)11-13-7-9-15(20)10-8-13/h3-10,14,23H,2,11-12H2,1H3,(H2,21,24)(H,22,25). The maximum absolute atomic E-state index is 13.0. The molecule has 2 aromatic rings. The maximum atomic E-state index is 13.0. The van der Waals surface area contributed by atoms with Gasteiger partial charge in [-0.2, -0.15) is 0 Å². The number of nitrogens with two attached hydrogens (primary N) is 1. The predicted molar refractivity (Wildman–Crippen MR) is 105 cm³/mol. The third-order valence-corrected chi connectivity index (χ3v) is 5.41. The zero-order valence-electron chi connectivity index (χ0n) is 15.3. The Morgan fingerprint density at radius 3 is 2.36 bits per heavy atom. The molecule has 0 heterocycles. The van der Waals surface area contributed by atoms with Crippen molar-refractivity contribution < 1.29 is 22.4 Å². The molecule has 0 aliphatic rings. The first-order chi connectivity index (χ1) is 13.2. The highest BCUT2D eigenvalue weighted by Crippen LogP contribution is 2.17. The molecule has 0 radical (unpaired) electrons. The molecule has 0 bridgehead atoms. The maximum Gasteiger partial charge on any atom is 0.253 e. The number of primary amides is 1. The molecule has 4 N–H and O–H groups in total. The summed E-state index contributed by atoms with van der Waals surface area (Å²) in [6.07, 6.45) is 0.236. The summed E-state index contributed by atoms with van der Waals surface area (Å²) in [5, 5.41) is 2.61. The molecule has 7 nitrogen and oxygen atoms in total. The molecule has 9 heteroatoms. The molecule has 0 fully saturated rings. The van der Waals surface area contributed by atoms with Crippen molar-refractivity contribution in [3.8, 4) is 0 Å². The minimum absolute atomic E-state index is 0.0413. The van der Waals surface area contributed by atoms with Gasteiger partial charge in [0.1, 0.15) is 5.82 Å². The van der Waals surface area contributed by atoms with Crippen LogP contribution >= 0.6 is 0 Å². The fraction of sp³-hybridized carbons (Fsp3) is 0.263. The van der Waals surface area contributed by atoms with Gasteiger partial charge in [0.05, 0.1) is 22.9 Å². The van der Waals surface area contributed by atoms with Gasteiger partial charge >= 0.3 is 0 Å². The van der Waals surface area contributed by atoms with Crippen LogP contribution in [0.2, 0.25) is 0 Å². The molecule has 1 unspecified atom stereocenters. The Kier molecular flexibility index (Phi) is 7.11. The van der Waals surface area contributed by atoms with Crippen LogP contribution < -0.4 is 15.8 Å². The van der Waals surface area contributed by atoms with Gasteiger partial charge in [0.25, 0.3) is 5.91 Å². The Bertz CT molecular complexity index is 946. The number of carbonyl (C=O) groups is 2. The summed E-state index contributed by atoms with van der Waals surface area (Å²) in [6.45, 7) is 1.44. The molecule has 0 saturated carbocycles. The van der Waals surface area contributed by atoms with Crippen LogP contribution in [0.3, 0.4) is 0 Å². The van der Waals surface area contributed by atoms with Crippen LogP contribution in [0.4, 0.5) is 10.1 Å². The number of amides is 2. The van der Waals surface area contributed by atoms with E-state index in [-0.39, 0.29) is 35.8 Å². The Morgan fingerprint density at radius 2 is 1.75 bits per heavy atom. The lowest BCUT2D eigenvalue weighted by molar-refractivity contribution is -0.121. The van der Waals surface area contributed by atoms with Crippen molar-refractivity contribution in [2.45, 2.75) is 13.3 Å². The fourth-order valence-electron chi connectivity index (χ4n) is 2.50. The summed E-state index contributed by atoms with van der Waals surface area (Å²) in [5.74, 6) is -2.37. The van der Waals surface area contributed by atoms with Gasteiger partial charge < -0.3 is 11.1 Å². The van der Waals surface area contributed by atoms with Crippen LogP contribution in [0.5, 0.6) is 0 Å². The molecule has 0 aliphatic heterocycles. The number of sulfonamides is 1. The SMILES string of the molecule is CCS(=O)(=O)Nc1ccccc1C(=O)NCC(Cc1ccc(F)cc1)C(N)=O. The van der Waals surface area contributed by atoms with Gasteiger partial charge in [-0.05, 0) is 43.2 Å². The van der Waals surface area contributed by atoms with E-state index in [4.69, 9.17) is 5.73 Å². The number of benzene rings is 2. The molecule has 0 aliphatic carbocycles. The van der Waals surface area contributed by atoms with Crippen molar-refractivity contribution in [1.82, 2.24) is 5.32 Å². The van der Waals surface area contributed by atoms with Gasteiger partial charge in [-0.25, -0.2) is 12.8 Å². The van der Waals surface area contributed by atoms with E-state index in [1.54, 1.807) is 24.3 Å². The smallest absolute Gasteiger partial charge is 0.253 e. The summed E-state index contributed by atoms with van der Waals surface area (Å²) in [6, 6.07) is 11.8. The summed E-state index contributed by atoms with van der Waals surface area (Å²) < 4.78 is 39.0. The monoisotopic (exact) mass is 407 g/mol. The normalized spacial score (nSPS) is 12.2. The van der Waals surface area contributed by atoms with E-state index in [0.717, 1.165) is 0 Å². The summed E-state index contributed by atoms with van der Waals surface area (Å²) in [7, 11) is -3.55. The van der Waals surface area contributed by atoms with Gasteiger partial charge in [0.15, 0.2) is 0 Å². The van der Waals surface area contributed by atoms with E-state index in [1.807, 2.05) is 0 Å². The van der Waals surface area contributed by atoms with Crippen LogP contribution in [0.1, 0.15) is 22.8 Å². The second-order valence-electron chi connectivity index (χ2n) is 6.19. The van der Waals surface area contributed by atoms with Gasteiger partial charge in [-0.3, -0.25) is 14.3 Å². The van der Waals surface area contributed by atoms with Crippen LogP contribution in [-0.2, 0) is 21.2 Å². The van der Waals surface area contributed by atoms with E-state index in [9.17, 15) is 22.4 Å². The largest absolute Gasteiger partial charge is 0.369 e. The zero-order valence-corrected chi connectivity index (χ0v) is 16.1. The van der Waals surface area contributed by atoms with Crippen molar-refractivity contribution in [1.29, 1.82) is 0 Å². The Labute approximate surface area is 163 Å². The molecule has 150 valence electrons.